The van der Waals surface area contributed by atoms with E-state index in [-0.39, 0.29) is 11.5 Å². The van der Waals surface area contributed by atoms with Crippen LogP contribution in [0.3, 0.4) is 0 Å². The van der Waals surface area contributed by atoms with E-state index in [0.717, 1.165) is 22.6 Å². The van der Waals surface area contributed by atoms with E-state index < -0.39 is 9.84 Å². The molecule has 1 saturated heterocycles. The smallest absolute Gasteiger partial charge is 0.153 e. The average Bonchev–Trinajstić information content (AvgIpc) is 3.64. The van der Waals surface area contributed by atoms with Crippen LogP contribution < -0.4 is 10.2 Å². The highest BCUT2D eigenvalue weighted by Crippen LogP contribution is 2.42. The Bertz CT molecular complexity index is 1350. The van der Waals surface area contributed by atoms with Crippen LogP contribution in [0.1, 0.15) is 35.4 Å². The molecule has 1 saturated carbocycles. The maximum absolute atomic E-state index is 11.7. The molecule has 5 rings (SSSR count). The SMILES string of the molecule is Cc1cc(N2CCS(=O)(=O)CC2)ncc1-c1cc(C2CC2)cc(Nc2cc(C#N)ccn2)n1. The molecule has 0 atom stereocenters. The highest BCUT2D eigenvalue weighted by Gasteiger charge is 2.26. The summed E-state index contributed by atoms with van der Waals surface area (Å²) < 4.78 is 23.5. The number of nitriles is 1. The maximum Gasteiger partial charge on any atom is 0.153 e. The molecule has 4 heterocycles. The lowest BCUT2D eigenvalue weighted by Crippen LogP contribution is -2.40. The molecule has 1 aliphatic heterocycles. The minimum absolute atomic E-state index is 0.163. The largest absolute Gasteiger partial charge is 0.355 e. The van der Waals surface area contributed by atoms with Crippen LogP contribution in [0.4, 0.5) is 17.5 Å². The van der Waals surface area contributed by atoms with Gasteiger partial charge in [-0.3, -0.25) is 0 Å². The zero-order valence-electron chi connectivity index (χ0n) is 18.3. The van der Waals surface area contributed by atoms with Gasteiger partial charge in [-0.2, -0.15) is 5.26 Å². The van der Waals surface area contributed by atoms with E-state index in [1.54, 1.807) is 18.3 Å². The minimum Gasteiger partial charge on any atom is -0.355 e. The van der Waals surface area contributed by atoms with Crippen LogP contribution in [0.5, 0.6) is 0 Å². The first kappa shape index (κ1) is 21.3. The summed E-state index contributed by atoms with van der Waals surface area (Å²) in [4.78, 5) is 15.8. The Kier molecular flexibility index (Phi) is 5.46. The molecule has 3 aromatic rings. The summed E-state index contributed by atoms with van der Waals surface area (Å²) in [7, 11) is -2.94. The van der Waals surface area contributed by atoms with Crippen LogP contribution in [0.2, 0.25) is 0 Å². The van der Waals surface area contributed by atoms with Crippen molar-refractivity contribution < 1.29 is 8.42 Å². The number of rotatable bonds is 5. The Hall–Kier alpha value is -3.51. The van der Waals surface area contributed by atoms with Gasteiger partial charge in [-0.1, -0.05) is 0 Å². The highest BCUT2D eigenvalue weighted by molar-refractivity contribution is 7.91. The number of aryl methyl sites for hydroxylation is 1. The van der Waals surface area contributed by atoms with Crippen LogP contribution in [0.15, 0.2) is 42.7 Å². The van der Waals surface area contributed by atoms with E-state index in [1.165, 1.54) is 18.4 Å². The minimum atomic E-state index is -2.94. The van der Waals surface area contributed by atoms with Gasteiger partial charge in [0, 0.05) is 31.0 Å². The van der Waals surface area contributed by atoms with Crippen molar-refractivity contribution >= 4 is 27.3 Å². The number of sulfone groups is 1. The highest BCUT2D eigenvalue weighted by atomic mass is 32.2. The van der Waals surface area contributed by atoms with Crippen molar-refractivity contribution in [3.63, 3.8) is 0 Å². The van der Waals surface area contributed by atoms with Crippen LogP contribution in [-0.2, 0) is 9.84 Å². The Morgan fingerprint density at radius 3 is 2.58 bits per heavy atom. The van der Waals surface area contributed by atoms with Gasteiger partial charge in [0.1, 0.15) is 17.5 Å². The Labute approximate surface area is 193 Å². The molecule has 0 spiro atoms. The second kappa shape index (κ2) is 8.45. The third-order valence-electron chi connectivity index (χ3n) is 6.08. The van der Waals surface area contributed by atoms with Gasteiger partial charge in [0.05, 0.1) is 28.8 Å². The molecular weight excluding hydrogens is 436 g/mol. The van der Waals surface area contributed by atoms with Gasteiger partial charge in [-0.25, -0.2) is 23.4 Å². The number of nitrogens with one attached hydrogen (secondary N) is 1. The lowest BCUT2D eigenvalue weighted by atomic mass is 10.0. The standard InChI is InChI=1S/C24H24N6O2S/c1-16-10-24(30-6-8-33(31,32)9-7-30)27-15-20(16)21-12-19(18-2-3-18)13-23(28-21)29-22-11-17(14-25)4-5-26-22/h4-5,10-13,15,18H,2-3,6-9H2,1H3,(H,26,28,29). The predicted octanol–water partition coefficient (Wildman–Crippen LogP) is 3.57. The number of anilines is 3. The molecule has 3 aromatic heterocycles. The monoisotopic (exact) mass is 460 g/mol. The molecule has 2 aliphatic rings. The van der Waals surface area contributed by atoms with Gasteiger partial charge in [-0.05, 0) is 67.1 Å². The van der Waals surface area contributed by atoms with Crippen molar-refractivity contribution in [3.05, 3.63) is 59.4 Å². The van der Waals surface area contributed by atoms with E-state index >= 15 is 0 Å². The second-order valence-electron chi connectivity index (χ2n) is 8.61. The van der Waals surface area contributed by atoms with Gasteiger partial charge >= 0.3 is 0 Å². The number of hydrogen-bond donors (Lipinski definition) is 1. The van der Waals surface area contributed by atoms with Crippen molar-refractivity contribution in [1.29, 1.82) is 5.26 Å². The third kappa shape index (κ3) is 4.81. The summed E-state index contributed by atoms with van der Waals surface area (Å²) in [5.74, 6) is 2.91. The van der Waals surface area contributed by atoms with Gasteiger partial charge in [0.15, 0.2) is 9.84 Å². The first-order valence-electron chi connectivity index (χ1n) is 11.0. The van der Waals surface area contributed by atoms with E-state index in [9.17, 15) is 8.42 Å². The second-order valence-corrected chi connectivity index (χ2v) is 10.9. The molecule has 1 N–H and O–H groups in total. The van der Waals surface area contributed by atoms with Crippen molar-refractivity contribution in [2.45, 2.75) is 25.7 Å². The van der Waals surface area contributed by atoms with Crippen LogP contribution in [0.25, 0.3) is 11.3 Å². The molecule has 0 radical (unpaired) electrons. The van der Waals surface area contributed by atoms with Crippen molar-refractivity contribution in [2.24, 2.45) is 0 Å². The lowest BCUT2D eigenvalue weighted by Gasteiger charge is -2.28. The van der Waals surface area contributed by atoms with Crippen LogP contribution in [-0.4, -0.2) is 48.0 Å². The van der Waals surface area contributed by atoms with E-state index in [0.29, 0.717) is 36.2 Å². The van der Waals surface area contributed by atoms with Gasteiger partial charge in [-0.15, -0.1) is 0 Å². The average molecular weight is 461 g/mol. The molecule has 0 bridgehead atoms. The molecule has 2 fully saturated rings. The molecule has 168 valence electrons. The first-order valence-corrected chi connectivity index (χ1v) is 12.8. The van der Waals surface area contributed by atoms with E-state index in [1.807, 2.05) is 30.2 Å². The fourth-order valence-corrected chi connectivity index (χ4v) is 5.23. The van der Waals surface area contributed by atoms with Crippen LogP contribution in [0, 0.1) is 18.3 Å². The fourth-order valence-electron chi connectivity index (χ4n) is 4.03. The fraction of sp³-hybridized carbons (Fsp3) is 0.333. The molecule has 33 heavy (non-hydrogen) atoms. The Morgan fingerprint density at radius 1 is 1.09 bits per heavy atom. The molecule has 9 heteroatoms. The summed E-state index contributed by atoms with van der Waals surface area (Å²) in [6.07, 6.45) is 5.76. The molecule has 1 aliphatic carbocycles. The Morgan fingerprint density at radius 2 is 1.88 bits per heavy atom. The number of aromatic nitrogens is 3. The normalized spacial score (nSPS) is 17.4. The molecule has 0 aromatic carbocycles. The molecular formula is C24H24N6O2S. The van der Waals surface area contributed by atoms with Crippen molar-refractivity contribution in [1.82, 2.24) is 15.0 Å². The van der Waals surface area contributed by atoms with Crippen molar-refractivity contribution in [3.8, 4) is 17.3 Å². The summed E-state index contributed by atoms with van der Waals surface area (Å²) >= 11 is 0. The first-order chi connectivity index (χ1) is 15.9. The third-order valence-corrected chi connectivity index (χ3v) is 7.69. The van der Waals surface area contributed by atoms with Crippen molar-refractivity contribution in [2.75, 3.05) is 34.8 Å². The van der Waals surface area contributed by atoms with E-state index in [2.05, 4.69) is 27.4 Å². The quantitative estimate of drug-likeness (QED) is 0.615. The van der Waals surface area contributed by atoms with Gasteiger partial charge < -0.3 is 10.2 Å². The zero-order chi connectivity index (χ0) is 23.0. The number of nitrogens with zero attached hydrogens (tertiary/aromatic N) is 5. The predicted molar refractivity (Wildman–Crippen MR) is 127 cm³/mol. The summed E-state index contributed by atoms with van der Waals surface area (Å²) in [6, 6.07) is 11.7. The Balaban J connectivity index is 1.45. The summed E-state index contributed by atoms with van der Waals surface area (Å²) in [5.41, 5.74) is 4.56. The summed E-state index contributed by atoms with van der Waals surface area (Å²) in [5, 5.41) is 12.4. The zero-order valence-corrected chi connectivity index (χ0v) is 19.1. The van der Waals surface area contributed by atoms with Crippen LogP contribution >= 0.6 is 0 Å². The number of pyridine rings is 3. The van der Waals surface area contributed by atoms with E-state index in [4.69, 9.17) is 10.2 Å². The summed E-state index contributed by atoms with van der Waals surface area (Å²) in [6.45, 7) is 2.95. The molecule has 0 unspecified atom stereocenters. The molecule has 0 amide bonds. The van der Waals surface area contributed by atoms with Gasteiger partial charge in [0.2, 0.25) is 0 Å². The topological polar surface area (TPSA) is 112 Å². The van der Waals surface area contributed by atoms with Gasteiger partial charge in [0.25, 0.3) is 0 Å². The molecule has 8 nitrogen and oxygen atoms in total. The lowest BCUT2D eigenvalue weighted by molar-refractivity contribution is 0.586. The maximum atomic E-state index is 11.7. The number of hydrogen-bond acceptors (Lipinski definition) is 8.